The van der Waals surface area contributed by atoms with Crippen molar-refractivity contribution >= 4 is 34.6 Å². The highest BCUT2D eigenvalue weighted by atomic mass is 32.1. The molecule has 2 aliphatic rings. The standard InChI is InChI=1S/C34H37N5O2S/c1-23-21-29(24(2)38(23)26-11-5-3-6-12-26)33-32(30-15-9-10-20-35-30)37-34(42)39(33)27-18-16-25(17-19-27)36-31(40)22-41-28-13-7-4-8-14-28/h4,7-10,13-21,26,32-33H,3,5-6,11-12,22H2,1-2H3,(H,36,40)(H,37,42)/t32-,33+/m1/s1. The SMILES string of the molecule is Cc1cc([C@H]2[C@@H](c3ccccn3)NC(=S)N2c2ccc(NC(=O)COc3ccccc3)cc2)c(C)n1C1CCCCC1. The molecule has 2 aromatic carbocycles. The molecular weight excluding hydrogens is 542 g/mol. The van der Waals surface area contributed by atoms with Gasteiger partial charge >= 0.3 is 0 Å². The molecule has 2 aromatic heterocycles. The van der Waals surface area contributed by atoms with Crippen LogP contribution in [0.2, 0.25) is 0 Å². The number of ether oxygens (including phenoxy) is 1. The summed E-state index contributed by atoms with van der Waals surface area (Å²) in [6.45, 7) is 4.42. The maximum absolute atomic E-state index is 12.5. The number of para-hydroxylation sites is 1. The molecule has 1 saturated heterocycles. The van der Waals surface area contributed by atoms with E-state index >= 15 is 0 Å². The van der Waals surface area contributed by atoms with E-state index in [0.717, 1.165) is 11.4 Å². The Bertz CT molecular complexity index is 1530. The number of aryl methyl sites for hydroxylation is 1. The summed E-state index contributed by atoms with van der Waals surface area (Å²) in [5.41, 5.74) is 6.46. The lowest BCUT2D eigenvalue weighted by atomic mass is 9.94. The van der Waals surface area contributed by atoms with Crippen LogP contribution in [0.25, 0.3) is 0 Å². The number of carbonyl (C=O) groups excluding carboxylic acids is 1. The van der Waals surface area contributed by atoms with Crippen LogP contribution < -0.4 is 20.3 Å². The number of anilines is 2. The monoisotopic (exact) mass is 579 g/mol. The zero-order valence-corrected chi connectivity index (χ0v) is 24.9. The first kappa shape index (κ1) is 28.0. The third-order valence-corrected chi connectivity index (χ3v) is 8.74. The van der Waals surface area contributed by atoms with Crippen LogP contribution in [-0.4, -0.2) is 27.2 Å². The molecule has 0 bridgehead atoms. The predicted molar refractivity (Wildman–Crippen MR) is 171 cm³/mol. The van der Waals surface area contributed by atoms with Crippen molar-refractivity contribution in [3.05, 3.63) is 108 Å². The predicted octanol–water partition coefficient (Wildman–Crippen LogP) is 7.20. The van der Waals surface area contributed by atoms with E-state index in [0.29, 0.717) is 22.6 Å². The number of benzene rings is 2. The number of hydrogen-bond acceptors (Lipinski definition) is 4. The molecule has 8 heteroatoms. The summed E-state index contributed by atoms with van der Waals surface area (Å²) in [5, 5.41) is 7.17. The van der Waals surface area contributed by atoms with E-state index in [-0.39, 0.29) is 24.6 Å². The molecule has 1 aliphatic heterocycles. The van der Waals surface area contributed by atoms with Crippen LogP contribution in [0.15, 0.2) is 85.1 Å². The van der Waals surface area contributed by atoms with E-state index in [1.807, 2.05) is 72.9 Å². The number of thiocarbonyl (C=S) groups is 1. The molecule has 1 aliphatic carbocycles. The topological polar surface area (TPSA) is 71.4 Å². The summed E-state index contributed by atoms with van der Waals surface area (Å²) in [6.07, 6.45) is 8.20. The highest BCUT2D eigenvalue weighted by Gasteiger charge is 2.42. The Hall–Kier alpha value is -4.17. The minimum absolute atomic E-state index is 0.0592. The van der Waals surface area contributed by atoms with E-state index in [9.17, 15) is 4.79 Å². The Kier molecular flexibility index (Phi) is 8.24. The van der Waals surface area contributed by atoms with E-state index in [4.69, 9.17) is 21.9 Å². The fraction of sp³-hybridized carbons (Fsp3) is 0.324. The molecule has 2 N–H and O–H groups in total. The van der Waals surface area contributed by atoms with Crippen LogP contribution in [-0.2, 0) is 4.79 Å². The molecule has 7 nitrogen and oxygen atoms in total. The maximum atomic E-state index is 12.5. The van der Waals surface area contributed by atoms with E-state index in [1.54, 1.807) is 0 Å². The summed E-state index contributed by atoms with van der Waals surface area (Å²) in [5.74, 6) is 0.447. The van der Waals surface area contributed by atoms with Crippen molar-refractivity contribution in [3.63, 3.8) is 0 Å². The molecule has 0 unspecified atom stereocenters. The Morgan fingerprint density at radius 2 is 1.74 bits per heavy atom. The van der Waals surface area contributed by atoms with Gasteiger partial charge in [-0.05, 0) is 99.1 Å². The highest BCUT2D eigenvalue weighted by Crippen LogP contribution is 2.44. The molecule has 6 rings (SSSR count). The van der Waals surface area contributed by atoms with Gasteiger partial charge in [-0.2, -0.15) is 0 Å². The molecule has 2 atom stereocenters. The first-order valence-corrected chi connectivity index (χ1v) is 15.2. The van der Waals surface area contributed by atoms with Gasteiger partial charge in [-0.15, -0.1) is 0 Å². The number of aromatic nitrogens is 2. The van der Waals surface area contributed by atoms with Crippen LogP contribution in [0, 0.1) is 13.8 Å². The second-order valence-electron chi connectivity index (χ2n) is 11.2. The molecule has 3 heterocycles. The zero-order chi connectivity index (χ0) is 29.1. The molecule has 216 valence electrons. The average molecular weight is 580 g/mol. The lowest BCUT2D eigenvalue weighted by molar-refractivity contribution is -0.118. The molecule has 0 radical (unpaired) electrons. The van der Waals surface area contributed by atoms with Crippen LogP contribution in [0.1, 0.15) is 72.9 Å². The normalized spacial score (nSPS) is 19.0. The van der Waals surface area contributed by atoms with E-state index in [1.165, 1.54) is 49.1 Å². The Morgan fingerprint density at radius 1 is 1.00 bits per heavy atom. The average Bonchev–Trinajstić information content (AvgIpc) is 3.52. The van der Waals surface area contributed by atoms with Crippen molar-refractivity contribution in [2.75, 3.05) is 16.8 Å². The highest BCUT2D eigenvalue weighted by molar-refractivity contribution is 7.80. The largest absolute Gasteiger partial charge is 0.484 e. The van der Waals surface area contributed by atoms with Crippen molar-refractivity contribution in [2.45, 2.75) is 64.1 Å². The Morgan fingerprint density at radius 3 is 2.45 bits per heavy atom. The Labute approximate surface area is 252 Å². The van der Waals surface area contributed by atoms with Crippen molar-refractivity contribution in [2.24, 2.45) is 0 Å². The lowest BCUT2D eigenvalue weighted by Crippen LogP contribution is -2.29. The first-order valence-electron chi connectivity index (χ1n) is 14.8. The van der Waals surface area contributed by atoms with Gasteiger partial charge in [0.1, 0.15) is 5.75 Å². The van der Waals surface area contributed by atoms with Gasteiger partial charge in [0.15, 0.2) is 11.7 Å². The summed E-state index contributed by atoms with van der Waals surface area (Å²) in [7, 11) is 0. The van der Waals surface area contributed by atoms with Crippen molar-refractivity contribution in [1.82, 2.24) is 14.9 Å². The maximum Gasteiger partial charge on any atom is 0.262 e. The summed E-state index contributed by atoms with van der Waals surface area (Å²) in [4.78, 5) is 19.5. The fourth-order valence-electron chi connectivity index (χ4n) is 6.52. The number of carbonyl (C=O) groups is 1. The first-order chi connectivity index (χ1) is 20.5. The molecule has 0 spiro atoms. The summed E-state index contributed by atoms with van der Waals surface area (Å²) < 4.78 is 8.14. The van der Waals surface area contributed by atoms with Crippen LogP contribution in [0.3, 0.4) is 0 Å². The zero-order valence-electron chi connectivity index (χ0n) is 24.1. The summed E-state index contributed by atoms with van der Waals surface area (Å²) in [6, 6.07) is 25.9. The second kappa shape index (κ2) is 12.4. The minimum atomic E-state index is -0.215. The van der Waals surface area contributed by atoms with Crippen LogP contribution in [0.4, 0.5) is 11.4 Å². The Balaban J connectivity index is 1.27. The number of nitrogens with zero attached hydrogens (tertiary/aromatic N) is 3. The molecular formula is C34H37N5O2S. The third-order valence-electron chi connectivity index (χ3n) is 8.42. The second-order valence-corrected chi connectivity index (χ2v) is 11.6. The van der Waals surface area contributed by atoms with Gasteiger partial charge in [-0.1, -0.05) is 43.5 Å². The number of nitrogens with one attached hydrogen (secondary N) is 2. The quantitative estimate of drug-likeness (QED) is 0.215. The third kappa shape index (κ3) is 5.77. The van der Waals surface area contributed by atoms with Gasteiger partial charge < -0.3 is 24.8 Å². The van der Waals surface area contributed by atoms with Crippen molar-refractivity contribution in [3.8, 4) is 5.75 Å². The minimum Gasteiger partial charge on any atom is -0.484 e. The van der Waals surface area contributed by atoms with Gasteiger partial charge in [-0.3, -0.25) is 9.78 Å². The van der Waals surface area contributed by atoms with Crippen LogP contribution in [0.5, 0.6) is 5.75 Å². The smallest absolute Gasteiger partial charge is 0.262 e. The van der Waals surface area contributed by atoms with Gasteiger partial charge in [0, 0.05) is 35.0 Å². The molecule has 42 heavy (non-hydrogen) atoms. The van der Waals surface area contributed by atoms with Gasteiger partial charge in [0.25, 0.3) is 5.91 Å². The van der Waals surface area contributed by atoms with E-state index < -0.39 is 0 Å². The molecule has 4 aromatic rings. The molecule has 1 saturated carbocycles. The number of rotatable bonds is 8. The van der Waals surface area contributed by atoms with Gasteiger partial charge in [0.05, 0.1) is 17.8 Å². The number of hydrogen-bond donors (Lipinski definition) is 2. The molecule has 2 fully saturated rings. The molecule has 1 amide bonds. The lowest BCUT2D eigenvalue weighted by Gasteiger charge is -2.30. The van der Waals surface area contributed by atoms with Crippen LogP contribution >= 0.6 is 12.2 Å². The number of amides is 1. The summed E-state index contributed by atoms with van der Waals surface area (Å²) >= 11 is 5.96. The number of pyridine rings is 1. The van der Waals surface area contributed by atoms with Crippen molar-refractivity contribution < 1.29 is 9.53 Å². The van der Waals surface area contributed by atoms with Gasteiger partial charge in [0.2, 0.25) is 0 Å². The van der Waals surface area contributed by atoms with E-state index in [2.05, 4.69) is 46.1 Å². The van der Waals surface area contributed by atoms with Gasteiger partial charge in [-0.25, -0.2) is 0 Å². The van der Waals surface area contributed by atoms with Crippen molar-refractivity contribution in [1.29, 1.82) is 0 Å². The fourth-order valence-corrected chi connectivity index (χ4v) is 6.87.